The summed E-state index contributed by atoms with van der Waals surface area (Å²) in [5.74, 6) is 0.161. The van der Waals surface area contributed by atoms with Gasteiger partial charge in [0.1, 0.15) is 0 Å². The first-order valence-electron chi connectivity index (χ1n) is 4.92. The van der Waals surface area contributed by atoms with E-state index in [-0.39, 0.29) is 11.3 Å². The van der Waals surface area contributed by atoms with Gasteiger partial charge in [-0.3, -0.25) is 4.79 Å². The molecule has 1 saturated carbocycles. The highest BCUT2D eigenvalue weighted by Gasteiger charge is 2.56. The molecule has 1 aliphatic carbocycles. The fourth-order valence-corrected chi connectivity index (χ4v) is 2.40. The molecule has 0 bridgehead atoms. The Labute approximate surface area is 82.3 Å². The second kappa shape index (κ2) is 2.36. The number of hydrogen-bond donors (Lipinski definition) is 2. The van der Waals surface area contributed by atoms with E-state index in [4.69, 9.17) is 5.73 Å². The summed E-state index contributed by atoms with van der Waals surface area (Å²) in [7, 11) is 0. The molecule has 1 aromatic rings. The first-order valence-corrected chi connectivity index (χ1v) is 4.92. The molecule has 2 aliphatic rings. The third-order valence-electron chi connectivity index (χ3n) is 3.28. The van der Waals surface area contributed by atoms with Gasteiger partial charge in [-0.15, -0.1) is 0 Å². The standard InChI is InChI=1S/C11H12N2O/c12-6-7-2-1-3-8-9(7)11(4-5-11)10(14)13-8/h1-3H,4-6,12H2,(H,13,14). The van der Waals surface area contributed by atoms with Crippen molar-refractivity contribution in [3.05, 3.63) is 29.3 Å². The predicted octanol–water partition coefficient (Wildman–Crippen LogP) is 1.13. The van der Waals surface area contributed by atoms with E-state index in [9.17, 15) is 4.79 Å². The maximum atomic E-state index is 11.7. The van der Waals surface area contributed by atoms with Gasteiger partial charge >= 0.3 is 0 Å². The van der Waals surface area contributed by atoms with Crippen LogP contribution in [0.4, 0.5) is 5.69 Å². The number of anilines is 1. The molecular formula is C11H12N2O. The zero-order valence-corrected chi connectivity index (χ0v) is 7.84. The Kier molecular flexibility index (Phi) is 1.35. The summed E-state index contributed by atoms with van der Waals surface area (Å²) < 4.78 is 0. The molecule has 72 valence electrons. The van der Waals surface area contributed by atoms with E-state index in [1.807, 2.05) is 18.2 Å². The van der Waals surface area contributed by atoms with E-state index in [0.717, 1.165) is 29.7 Å². The minimum Gasteiger partial charge on any atom is -0.326 e. The summed E-state index contributed by atoms with van der Waals surface area (Å²) in [4.78, 5) is 11.7. The van der Waals surface area contributed by atoms with Crippen molar-refractivity contribution in [1.82, 2.24) is 0 Å². The van der Waals surface area contributed by atoms with Gasteiger partial charge in [0, 0.05) is 12.2 Å². The molecule has 0 radical (unpaired) electrons. The monoisotopic (exact) mass is 188 g/mol. The summed E-state index contributed by atoms with van der Waals surface area (Å²) in [5, 5.41) is 2.93. The van der Waals surface area contributed by atoms with E-state index < -0.39 is 0 Å². The topological polar surface area (TPSA) is 55.1 Å². The van der Waals surface area contributed by atoms with Crippen LogP contribution in [0.25, 0.3) is 0 Å². The van der Waals surface area contributed by atoms with Crippen molar-refractivity contribution in [2.45, 2.75) is 24.8 Å². The number of carbonyl (C=O) groups excluding carboxylic acids is 1. The van der Waals surface area contributed by atoms with E-state index in [2.05, 4.69) is 5.32 Å². The maximum absolute atomic E-state index is 11.7. The quantitative estimate of drug-likeness (QED) is 0.694. The van der Waals surface area contributed by atoms with Crippen LogP contribution in [-0.2, 0) is 16.8 Å². The molecular weight excluding hydrogens is 176 g/mol. The van der Waals surface area contributed by atoms with Crippen LogP contribution < -0.4 is 11.1 Å². The largest absolute Gasteiger partial charge is 0.326 e. The molecule has 14 heavy (non-hydrogen) atoms. The average molecular weight is 188 g/mol. The molecule has 0 aromatic heterocycles. The van der Waals surface area contributed by atoms with Crippen LogP contribution in [0.3, 0.4) is 0 Å². The molecule has 1 aliphatic heterocycles. The molecule has 1 amide bonds. The van der Waals surface area contributed by atoms with Crippen molar-refractivity contribution in [2.24, 2.45) is 5.73 Å². The van der Waals surface area contributed by atoms with Crippen molar-refractivity contribution in [2.75, 3.05) is 5.32 Å². The molecule has 1 aromatic carbocycles. The zero-order valence-electron chi connectivity index (χ0n) is 7.84. The van der Waals surface area contributed by atoms with Gasteiger partial charge in [-0.1, -0.05) is 12.1 Å². The summed E-state index contributed by atoms with van der Waals surface area (Å²) >= 11 is 0. The van der Waals surface area contributed by atoms with E-state index in [0.29, 0.717) is 6.54 Å². The Morgan fingerprint density at radius 3 is 2.86 bits per heavy atom. The van der Waals surface area contributed by atoms with Gasteiger partial charge in [-0.2, -0.15) is 0 Å². The maximum Gasteiger partial charge on any atom is 0.235 e. The lowest BCUT2D eigenvalue weighted by Gasteiger charge is -2.09. The first kappa shape index (κ1) is 8.00. The fraction of sp³-hybridized carbons (Fsp3) is 0.364. The third kappa shape index (κ3) is 0.780. The molecule has 0 unspecified atom stereocenters. The van der Waals surface area contributed by atoms with E-state index >= 15 is 0 Å². The van der Waals surface area contributed by atoms with Gasteiger partial charge in [0.2, 0.25) is 5.91 Å². The van der Waals surface area contributed by atoms with Crippen molar-refractivity contribution in [3.8, 4) is 0 Å². The molecule has 0 saturated heterocycles. The second-order valence-corrected chi connectivity index (χ2v) is 4.08. The minimum atomic E-state index is -0.203. The van der Waals surface area contributed by atoms with Crippen molar-refractivity contribution >= 4 is 11.6 Å². The Balaban J connectivity index is 2.25. The minimum absolute atomic E-state index is 0.161. The highest BCUT2D eigenvalue weighted by molar-refractivity contribution is 6.08. The number of amides is 1. The lowest BCUT2D eigenvalue weighted by atomic mass is 9.93. The average Bonchev–Trinajstić information content (AvgIpc) is 2.92. The molecule has 3 N–H and O–H groups in total. The number of hydrogen-bond acceptors (Lipinski definition) is 2. The lowest BCUT2D eigenvalue weighted by Crippen LogP contribution is -2.19. The summed E-state index contributed by atoms with van der Waals surface area (Å²) in [6.45, 7) is 0.514. The van der Waals surface area contributed by atoms with E-state index in [1.54, 1.807) is 0 Å². The molecule has 0 atom stereocenters. The smallest absolute Gasteiger partial charge is 0.235 e. The predicted molar refractivity (Wildman–Crippen MR) is 53.9 cm³/mol. The first-order chi connectivity index (χ1) is 6.78. The summed E-state index contributed by atoms with van der Waals surface area (Å²) in [5.41, 5.74) is 8.71. The molecule has 3 nitrogen and oxygen atoms in total. The fourth-order valence-electron chi connectivity index (χ4n) is 2.40. The number of nitrogens with two attached hydrogens (primary N) is 1. The van der Waals surface area contributed by atoms with Gasteiger partial charge < -0.3 is 11.1 Å². The molecule has 3 heteroatoms. The van der Waals surface area contributed by atoms with Crippen LogP contribution in [0.5, 0.6) is 0 Å². The number of nitrogens with one attached hydrogen (secondary N) is 1. The van der Waals surface area contributed by atoms with Crippen molar-refractivity contribution in [3.63, 3.8) is 0 Å². The van der Waals surface area contributed by atoms with E-state index in [1.165, 1.54) is 0 Å². The Bertz CT molecular complexity index is 421. The lowest BCUT2D eigenvalue weighted by molar-refractivity contribution is -0.117. The molecule has 3 rings (SSSR count). The molecule has 1 heterocycles. The van der Waals surface area contributed by atoms with Crippen LogP contribution in [-0.4, -0.2) is 5.91 Å². The zero-order chi connectivity index (χ0) is 9.76. The Morgan fingerprint density at radius 1 is 1.43 bits per heavy atom. The SMILES string of the molecule is NCc1cccc2c1C1(CC1)C(=O)N2. The number of rotatable bonds is 1. The van der Waals surface area contributed by atoms with Crippen LogP contribution >= 0.6 is 0 Å². The van der Waals surface area contributed by atoms with Gasteiger partial charge in [0.25, 0.3) is 0 Å². The number of benzene rings is 1. The van der Waals surface area contributed by atoms with Gasteiger partial charge in [0.05, 0.1) is 5.41 Å². The van der Waals surface area contributed by atoms with Crippen LogP contribution in [0, 0.1) is 0 Å². The molecule has 1 fully saturated rings. The molecule has 1 spiro atoms. The van der Waals surface area contributed by atoms with Crippen LogP contribution in [0.1, 0.15) is 24.0 Å². The Morgan fingerprint density at radius 2 is 2.21 bits per heavy atom. The van der Waals surface area contributed by atoms with Gasteiger partial charge in [0.15, 0.2) is 0 Å². The normalized spacial score (nSPS) is 20.8. The van der Waals surface area contributed by atoms with Gasteiger partial charge in [-0.05, 0) is 30.0 Å². The van der Waals surface area contributed by atoms with Crippen molar-refractivity contribution < 1.29 is 4.79 Å². The van der Waals surface area contributed by atoms with Gasteiger partial charge in [-0.25, -0.2) is 0 Å². The number of carbonyl (C=O) groups is 1. The number of fused-ring (bicyclic) bond motifs is 2. The highest BCUT2D eigenvalue weighted by Crippen LogP contribution is 2.56. The Hall–Kier alpha value is -1.35. The summed E-state index contributed by atoms with van der Waals surface area (Å²) in [6.07, 6.45) is 1.95. The van der Waals surface area contributed by atoms with Crippen LogP contribution in [0.2, 0.25) is 0 Å². The van der Waals surface area contributed by atoms with Crippen molar-refractivity contribution in [1.29, 1.82) is 0 Å². The summed E-state index contributed by atoms with van der Waals surface area (Å²) in [6, 6.07) is 5.92. The third-order valence-corrected chi connectivity index (χ3v) is 3.28. The second-order valence-electron chi connectivity index (χ2n) is 4.08. The van der Waals surface area contributed by atoms with Crippen LogP contribution in [0.15, 0.2) is 18.2 Å². The highest BCUT2D eigenvalue weighted by atomic mass is 16.2.